The normalized spacial score (nSPS) is 15.1. The lowest BCUT2D eigenvalue weighted by Crippen LogP contribution is -2.40. The molecule has 1 aliphatic heterocycles. The van der Waals surface area contributed by atoms with E-state index in [2.05, 4.69) is 33.4 Å². The van der Waals surface area contributed by atoms with Gasteiger partial charge >= 0.3 is 0 Å². The van der Waals surface area contributed by atoms with Crippen LogP contribution in [-0.2, 0) is 6.54 Å². The first kappa shape index (κ1) is 17.3. The predicted octanol–water partition coefficient (Wildman–Crippen LogP) is 3.60. The van der Waals surface area contributed by atoms with Crippen molar-refractivity contribution in [3.63, 3.8) is 0 Å². The zero-order valence-corrected chi connectivity index (χ0v) is 15.2. The van der Waals surface area contributed by atoms with E-state index in [4.69, 9.17) is 4.99 Å². The maximum Gasteiger partial charge on any atom is 0.198 e. The van der Waals surface area contributed by atoms with Gasteiger partial charge in [0, 0.05) is 44.6 Å². The third-order valence-electron chi connectivity index (χ3n) is 4.38. The number of guanidine groups is 1. The zero-order valence-electron chi connectivity index (χ0n) is 15.2. The number of aromatic nitrogens is 1. The fraction of sp³-hybridized carbons (Fsp3) is 0.400. The summed E-state index contributed by atoms with van der Waals surface area (Å²) < 4.78 is 0. The molecule has 1 aromatic heterocycles. The van der Waals surface area contributed by atoms with Crippen LogP contribution >= 0.6 is 0 Å². The standard InChI is InChI=1S/C20H27N5/c1-24(2)19-17(10-9-13-21-19)16-22-20(25-14-7-4-8-15-25)23-18-11-5-3-6-12-18/h3,5-6,9-13H,4,7-8,14-16H2,1-2H3,(H,22,23). The summed E-state index contributed by atoms with van der Waals surface area (Å²) in [5.74, 6) is 1.93. The minimum Gasteiger partial charge on any atom is -0.362 e. The maximum absolute atomic E-state index is 4.92. The van der Waals surface area contributed by atoms with Crippen molar-refractivity contribution in [2.75, 3.05) is 37.4 Å². The summed E-state index contributed by atoms with van der Waals surface area (Å²) in [7, 11) is 4.03. The molecule has 5 heteroatoms. The molecule has 1 aliphatic rings. The van der Waals surface area contributed by atoms with Crippen LogP contribution in [-0.4, -0.2) is 43.0 Å². The number of likely N-dealkylation sites (tertiary alicyclic amines) is 1. The van der Waals surface area contributed by atoms with Crippen molar-refractivity contribution in [2.24, 2.45) is 4.99 Å². The summed E-state index contributed by atoms with van der Waals surface area (Å²) in [6.45, 7) is 2.74. The molecule has 2 aromatic rings. The minimum atomic E-state index is 0.618. The molecule has 2 heterocycles. The number of nitrogens with one attached hydrogen (secondary N) is 1. The average molecular weight is 337 g/mol. The monoisotopic (exact) mass is 337 g/mol. The van der Waals surface area contributed by atoms with E-state index < -0.39 is 0 Å². The fourth-order valence-corrected chi connectivity index (χ4v) is 3.09. The Kier molecular flexibility index (Phi) is 5.88. The number of benzene rings is 1. The Morgan fingerprint density at radius 2 is 1.84 bits per heavy atom. The molecular formula is C20H27N5. The van der Waals surface area contributed by atoms with E-state index in [1.807, 2.05) is 49.5 Å². The van der Waals surface area contributed by atoms with Gasteiger partial charge in [0.1, 0.15) is 5.82 Å². The molecule has 1 N–H and O–H groups in total. The minimum absolute atomic E-state index is 0.618. The number of aliphatic imine (C=N–C) groups is 1. The van der Waals surface area contributed by atoms with Gasteiger partial charge in [-0.25, -0.2) is 9.98 Å². The lowest BCUT2D eigenvalue weighted by molar-refractivity contribution is 0.340. The quantitative estimate of drug-likeness (QED) is 0.684. The molecule has 5 nitrogen and oxygen atoms in total. The SMILES string of the molecule is CN(C)c1ncccc1CN=C(Nc1ccccc1)N1CCCCC1. The number of para-hydroxylation sites is 1. The largest absolute Gasteiger partial charge is 0.362 e. The summed E-state index contributed by atoms with van der Waals surface area (Å²) in [5, 5.41) is 3.51. The van der Waals surface area contributed by atoms with Gasteiger partial charge in [-0.05, 0) is 37.5 Å². The highest BCUT2D eigenvalue weighted by molar-refractivity contribution is 5.93. The summed E-state index contributed by atoms with van der Waals surface area (Å²) in [6, 6.07) is 14.3. The molecule has 1 fully saturated rings. The molecule has 0 saturated carbocycles. The number of piperidine rings is 1. The van der Waals surface area contributed by atoms with Crippen LogP contribution in [0.15, 0.2) is 53.7 Å². The van der Waals surface area contributed by atoms with Crippen LogP contribution in [0.4, 0.5) is 11.5 Å². The number of pyridine rings is 1. The molecule has 132 valence electrons. The van der Waals surface area contributed by atoms with Crippen molar-refractivity contribution in [1.29, 1.82) is 0 Å². The molecule has 1 aromatic carbocycles. The first-order valence-electron chi connectivity index (χ1n) is 8.97. The molecular weight excluding hydrogens is 310 g/mol. The van der Waals surface area contributed by atoms with Gasteiger partial charge in [-0.15, -0.1) is 0 Å². The van der Waals surface area contributed by atoms with Crippen molar-refractivity contribution < 1.29 is 0 Å². The second kappa shape index (κ2) is 8.51. The summed E-state index contributed by atoms with van der Waals surface area (Å²) in [5.41, 5.74) is 2.21. The van der Waals surface area contributed by atoms with Gasteiger partial charge in [0.2, 0.25) is 0 Å². The Labute approximate surface area is 150 Å². The second-order valence-corrected chi connectivity index (χ2v) is 6.56. The topological polar surface area (TPSA) is 43.8 Å². The van der Waals surface area contributed by atoms with Crippen LogP contribution < -0.4 is 10.2 Å². The molecule has 0 aliphatic carbocycles. The highest BCUT2D eigenvalue weighted by Gasteiger charge is 2.15. The highest BCUT2D eigenvalue weighted by Crippen LogP contribution is 2.17. The summed E-state index contributed by atoms with van der Waals surface area (Å²) >= 11 is 0. The molecule has 0 atom stereocenters. The van der Waals surface area contributed by atoms with E-state index in [1.165, 1.54) is 19.3 Å². The lowest BCUT2D eigenvalue weighted by Gasteiger charge is -2.30. The molecule has 3 rings (SSSR count). The lowest BCUT2D eigenvalue weighted by atomic mass is 10.1. The number of anilines is 2. The van der Waals surface area contributed by atoms with Gasteiger partial charge in [0.15, 0.2) is 5.96 Å². The van der Waals surface area contributed by atoms with Gasteiger partial charge in [-0.2, -0.15) is 0 Å². The van der Waals surface area contributed by atoms with Crippen molar-refractivity contribution in [3.05, 3.63) is 54.2 Å². The first-order valence-corrected chi connectivity index (χ1v) is 8.97. The Bertz CT molecular complexity index is 690. The zero-order chi connectivity index (χ0) is 17.5. The van der Waals surface area contributed by atoms with Gasteiger partial charge in [0.25, 0.3) is 0 Å². The predicted molar refractivity (Wildman–Crippen MR) is 105 cm³/mol. The van der Waals surface area contributed by atoms with E-state index >= 15 is 0 Å². The van der Waals surface area contributed by atoms with Crippen LogP contribution in [0.3, 0.4) is 0 Å². The molecule has 0 amide bonds. The van der Waals surface area contributed by atoms with Crippen molar-refractivity contribution in [2.45, 2.75) is 25.8 Å². The van der Waals surface area contributed by atoms with Gasteiger partial charge in [0.05, 0.1) is 6.54 Å². The smallest absolute Gasteiger partial charge is 0.198 e. The van der Waals surface area contributed by atoms with Crippen molar-refractivity contribution in [3.8, 4) is 0 Å². The van der Waals surface area contributed by atoms with E-state index in [1.54, 1.807) is 0 Å². The highest BCUT2D eigenvalue weighted by atomic mass is 15.3. The van der Waals surface area contributed by atoms with E-state index in [9.17, 15) is 0 Å². The van der Waals surface area contributed by atoms with E-state index in [-0.39, 0.29) is 0 Å². The van der Waals surface area contributed by atoms with Gasteiger partial charge in [-0.1, -0.05) is 24.3 Å². The Balaban J connectivity index is 1.82. The maximum atomic E-state index is 4.92. The molecule has 0 unspecified atom stereocenters. The average Bonchev–Trinajstić information content (AvgIpc) is 2.67. The van der Waals surface area contributed by atoms with E-state index in [0.29, 0.717) is 6.54 Å². The molecule has 0 spiro atoms. The second-order valence-electron chi connectivity index (χ2n) is 6.56. The van der Waals surface area contributed by atoms with Gasteiger partial charge < -0.3 is 15.1 Å². The van der Waals surface area contributed by atoms with Gasteiger partial charge in [-0.3, -0.25) is 0 Å². The third kappa shape index (κ3) is 4.72. The van der Waals surface area contributed by atoms with Crippen LogP contribution in [0, 0.1) is 0 Å². The molecule has 0 radical (unpaired) electrons. The Hall–Kier alpha value is -2.56. The Morgan fingerprint density at radius 3 is 2.56 bits per heavy atom. The van der Waals surface area contributed by atoms with Crippen molar-refractivity contribution in [1.82, 2.24) is 9.88 Å². The number of nitrogens with zero attached hydrogens (tertiary/aromatic N) is 4. The fourth-order valence-electron chi connectivity index (χ4n) is 3.09. The number of hydrogen-bond donors (Lipinski definition) is 1. The van der Waals surface area contributed by atoms with Crippen molar-refractivity contribution >= 4 is 17.5 Å². The van der Waals surface area contributed by atoms with Crippen LogP contribution in [0.2, 0.25) is 0 Å². The first-order chi connectivity index (χ1) is 12.2. The summed E-state index contributed by atoms with van der Waals surface area (Å²) in [6.07, 6.45) is 5.59. The van der Waals surface area contributed by atoms with Crippen LogP contribution in [0.25, 0.3) is 0 Å². The van der Waals surface area contributed by atoms with Crippen LogP contribution in [0.1, 0.15) is 24.8 Å². The van der Waals surface area contributed by atoms with Crippen LogP contribution in [0.5, 0.6) is 0 Å². The Morgan fingerprint density at radius 1 is 1.08 bits per heavy atom. The molecule has 1 saturated heterocycles. The summed E-state index contributed by atoms with van der Waals surface area (Å²) in [4.78, 5) is 13.8. The van der Waals surface area contributed by atoms with E-state index in [0.717, 1.165) is 36.1 Å². The third-order valence-corrected chi connectivity index (χ3v) is 4.38. The molecule has 0 bridgehead atoms. The molecule has 25 heavy (non-hydrogen) atoms. The number of hydrogen-bond acceptors (Lipinski definition) is 3. The number of rotatable bonds is 4.